The van der Waals surface area contributed by atoms with Gasteiger partial charge in [0.05, 0.1) is 0 Å². The number of nitrogens with two attached hydrogens (primary N) is 1. The third-order valence-corrected chi connectivity index (χ3v) is 3.18. The number of hydrogen-bond donors (Lipinski definition) is 1. The first-order valence-electron chi connectivity index (χ1n) is 5.47. The van der Waals surface area contributed by atoms with Crippen LogP contribution in [0.15, 0.2) is 28.7 Å². The number of nitrogen functional groups attached to an aromatic ring is 1. The van der Waals surface area contributed by atoms with Crippen LogP contribution >= 0.6 is 15.9 Å². The Labute approximate surface area is 109 Å². The van der Waals surface area contributed by atoms with Gasteiger partial charge in [-0.2, -0.15) is 10.1 Å². The Bertz CT molecular complexity index is 501. The average molecular weight is 295 g/mol. The second-order valence-electron chi connectivity index (χ2n) is 4.19. The van der Waals surface area contributed by atoms with E-state index in [-0.39, 0.29) is 5.92 Å². The Morgan fingerprint density at radius 3 is 2.82 bits per heavy atom. The van der Waals surface area contributed by atoms with Crippen molar-refractivity contribution < 1.29 is 0 Å². The lowest BCUT2D eigenvalue weighted by Crippen LogP contribution is -2.02. The van der Waals surface area contributed by atoms with Gasteiger partial charge in [0, 0.05) is 17.4 Å². The number of nitrogens with zero attached hydrogens (tertiary/aromatic N) is 3. The lowest BCUT2D eigenvalue weighted by atomic mass is 10.0. The third kappa shape index (κ3) is 2.85. The third-order valence-electron chi connectivity index (χ3n) is 2.68. The summed E-state index contributed by atoms with van der Waals surface area (Å²) in [5, 5.41) is 4.30. The molecule has 4 nitrogen and oxygen atoms in total. The molecule has 90 valence electrons. The molecule has 0 aliphatic heterocycles. The lowest BCUT2D eigenvalue weighted by Gasteiger charge is -2.07. The molecule has 0 radical (unpaired) electrons. The maximum Gasteiger partial charge on any atom is 0.218 e. The van der Waals surface area contributed by atoms with Gasteiger partial charge in [0.1, 0.15) is 0 Å². The number of anilines is 1. The van der Waals surface area contributed by atoms with Crippen LogP contribution in [-0.4, -0.2) is 14.8 Å². The van der Waals surface area contributed by atoms with Crippen molar-refractivity contribution in [1.29, 1.82) is 0 Å². The Hall–Kier alpha value is -1.36. The van der Waals surface area contributed by atoms with Gasteiger partial charge in [-0.3, -0.25) is 0 Å². The fraction of sp³-hybridized carbons (Fsp3) is 0.333. The zero-order valence-electron chi connectivity index (χ0n) is 9.89. The first kappa shape index (κ1) is 12.1. The maximum atomic E-state index is 5.68. The van der Waals surface area contributed by atoms with Gasteiger partial charge < -0.3 is 5.73 Å². The summed E-state index contributed by atoms with van der Waals surface area (Å²) in [6, 6.07) is 8.27. The van der Waals surface area contributed by atoms with Crippen molar-refractivity contribution in [3.05, 3.63) is 40.1 Å². The minimum Gasteiger partial charge on any atom is -0.368 e. The highest BCUT2D eigenvalue weighted by Crippen LogP contribution is 2.20. The molecular formula is C12H15BrN4. The zero-order chi connectivity index (χ0) is 12.4. The molecule has 1 heterocycles. The summed E-state index contributed by atoms with van der Waals surface area (Å²) in [5.74, 6) is 1.51. The molecule has 0 bridgehead atoms. The van der Waals surface area contributed by atoms with Gasteiger partial charge in [-0.05, 0) is 24.1 Å². The molecule has 1 atom stereocenters. The van der Waals surface area contributed by atoms with Gasteiger partial charge >= 0.3 is 0 Å². The van der Waals surface area contributed by atoms with Crippen LogP contribution in [0, 0.1) is 0 Å². The smallest absolute Gasteiger partial charge is 0.218 e. The first-order valence-corrected chi connectivity index (χ1v) is 6.26. The molecular weight excluding hydrogens is 280 g/mol. The molecule has 17 heavy (non-hydrogen) atoms. The Morgan fingerprint density at radius 2 is 2.24 bits per heavy atom. The fourth-order valence-corrected chi connectivity index (χ4v) is 2.18. The number of rotatable bonds is 3. The monoisotopic (exact) mass is 294 g/mol. The van der Waals surface area contributed by atoms with E-state index in [1.807, 2.05) is 12.1 Å². The summed E-state index contributed by atoms with van der Waals surface area (Å²) in [5.41, 5.74) is 6.94. The van der Waals surface area contributed by atoms with Crippen molar-refractivity contribution in [2.24, 2.45) is 7.05 Å². The minimum absolute atomic E-state index is 0.257. The van der Waals surface area contributed by atoms with Gasteiger partial charge in [0.25, 0.3) is 0 Å². The molecule has 0 fully saturated rings. The van der Waals surface area contributed by atoms with Crippen LogP contribution in [0.1, 0.15) is 24.2 Å². The van der Waals surface area contributed by atoms with Gasteiger partial charge in [-0.25, -0.2) is 4.68 Å². The molecule has 1 aromatic heterocycles. The van der Waals surface area contributed by atoms with Crippen molar-refractivity contribution in [2.45, 2.75) is 19.3 Å². The van der Waals surface area contributed by atoms with Crippen LogP contribution in [0.2, 0.25) is 0 Å². The van der Waals surface area contributed by atoms with Crippen molar-refractivity contribution in [1.82, 2.24) is 14.8 Å². The molecule has 0 aliphatic carbocycles. The van der Waals surface area contributed by atoms with Crippen LogP contribution in [-0.2, 0) is 13.5 Å². The number of halogens is 1. The number of benzene rings is 1. The Kier molecular flexibility index (Phi) is 3.47. The lowest BCUT2D eigenvalue weighted by molar-refractivity contribution is 0.671. The van der Waals surface area contributed by atoms with E-state index < -0.39 is 0 Å². The standard InChI is InChI=1S/C12H15BrN4/c1-8(11-15-12(14)17(2)16-11)6-9-4-3-5-10(13)7-9/h3-5,7-8H,6H2,1-2H3,(H2,14,15,16). The van der Waals surface area contributed by atoms with Crippen molar-refractivity contribution in [2.75, 3.05) is 5.73 Å². The van der Waals surface area contributed by atoms with Crippen LogP contribution in [0.3, 0.4) is 0 Å². The number of hydrogen-bond acceptors (Lipinski definition) is 3. The molecule has 2 rings (SSSR count). The first-order chi connectivity index (χ1) is 8.06. The molecule has 0 aliphatic rings. The number of aryl methyl sites for hydroxylation is 1. The quantitative estimate of drug-likeness (QED) is 0.946. The highest BCUT2D eigenvalue weighted by atomic mass is 79.9. The predicted octanol–water partition coefficient (Wildman–Crippen LogP) is 2.51. The summed E-state index contributed by atoms with van der Waals surface area (Å²) in [6.45, 7) is 2.11. The van der Waals surface area contributed by atoms with E-state index >= 15 is 0 Å². The van der Waals surface area contributed by atoms with E-state index in [9.17, 15) is 0 Å². The summed E-state index contributed by atoms with van der Waals surface area (Å²) in [4.78, 5) is 4.25. The molecule has 2 N–H and O–H groups in total. The largest absolute Gasteiger partial charge is 0.368 e. The topological polar surface area (TPSA) is 56.7 Å². The second kappa shape index (κ2) is 4.87. The van der Waals surface area contributed by atoms with Gasteiger partial charge in [-0.1, -0.05) is 35.0 Å². The predicted molar refractivity (Wildman–Crippen MR) is 71.7 cm³/mol. The molecule has 1 aromatic carbocycles. The summed E-state index contributed by atoms with van der Waals surface area (Å²) < 4.78 is 2.70. The molecule has 5 heteroatoms. The van der Waals surface area contributed by atoms with Crippen LogP contribution in [0.5, 0.6) is 0 Å². The number of aromatic nitrogens is 3. The molecule has 0 spiro atoms. The van der Waals surface area contributed by atoms with Crippen LogP contribution in [0.25, 0.3) is 0 Å². The summed E-state index contributed by atoms with van der Waals surface area (Å²) in [6.07, 6.45) is 0.906. The summed E-state index contributed by atoms with van der Waals surface area (Å²) in [7, 11) is 1.80. The Balaban J connectivity index is 2.14. The normalized spacial score (nSPS) is 12.6. The van der Waals surface area contributed by atoms with E-state index in [1.165, 1.54) is 5.56 Å². The second-order valence-corrected chi connectivity index (χ2v) is 5.10. The van der Waals surface area contributed by atoms with E-state index in [1.54, 1.807) is 11.7 Å². The molecule has 0 saturated carbocycles. The van der Waals surface area contributed by atoms with Gasteiger partial charge in [-0.15, -0.1) is 0 Å². The van der Waals surface area contributed by atoms with Crippen LogP contribution in [0.4, 0.5) is 5.95 Å². The van der Waals surface area contributed by atoms with Crippen LogP contribution < -0.4 is 5.73 Å². The highest BCUT2D eigenvalue weighted by Gasteiger charge is 2.13. The molecule has 0 amide bonds. The van der Waals surface area contributed by atoms with Crippen molar-refractivity contribution >= 4 is 21.9 Å². The van der Waals surface area contributed by atoms with E-state index in [0.717, 1.165) is 16.7 Å². The molecule has 2 aromatic rings. The minimum atomic E-state index is 0.257. The van der Waals surface area contributed by atoms with Gasteiger partial charge in [0.2, 0.25) is 5.95 Å². The zero-order valence-corrected chi connectivity index (χ0v) is 11.5. The summed E-state index contributed by atoms with van der Waals surface area (Å²) >= 11 is 3.47. The molecule has 0 saturated heterocycles. The van der Waals surface area contributed by atoms with Crippen molar-refractivity contribution in [3.8, 4) is 0 Å². The molecule has 1 unspecified atom stereocenters. The van der Waals surface area contributed by atoms with E-state index in [2.05, 4.69) is 45.1 Å². The van der Waals surface area contributed by atoms with E-state index in [4.69, 9.17) is 5.73 Å². The maximum absolute atomic E-state index is 5.68. The highest BCUT2D eigenvalue weighted by molar-refractivity contribution is 9.10. The Morgan fingerprint density at radius 1 is 1.47 bits per heavy atom. The SMILES string of the molecule is CC(Cc1cccc(Br)c1)c1nc(N)n(C)n1. The van der Waals surface area contributed by atoms with Gasteiger partial charge in [0.15, 0.2) is 5.82 Å². The van der Waals surface area contributed by atoms with Crippen molar-refractivity contribution in [3.63, 3.8) is 0 Å². The fourth-order valence-electron chi connectivity index (χ4n) is 1.73. The average Bonchev–Trinajstić information content (AvgIpc) is 2.59. The van der Waals surface area contributed by atoms with E-state index in [0.29, 0.717) is 5.95 Å².